The second kappa shape index (κ2) is 7.09. The number of carbonyl (C=O) groups is 1. The number of hydrogen-bond acceptors (Lipinski definition) is 3. The maximum Gasteiger partial charge on any atom is 0.252 e. The van der Waals surface area contributed by atoms with Gasteiger partial charge in [0.1, 0.15) is 6.61 Å². The van der Waals surface area contributed by atoms with E-state index in [1.165, 1.54) is 0 Å². The molecule has 1 amide bonds. The molecule has 4 nitrogen and oxygen atoms in total. The number of carbonyl (C=O) groups excluding carboxylic acids is 1. The Hall–Kier alpha value is -1.83. The first-order valence-electron chi connectivity index (χ1n) is 6.41. The van der Waals surface area contributed by atoms with Gasteiger partial charge in [0.25, 0.3) is 5.91 Å². The Morgan fingerprint density at radius 3 is 2.75 bits per heavy atom. The van der Waals surface area contributed by atoms with Crippen molar-refractivity contribution in [1.29, 1.82) is 0 Å². The molecule has 0 atom stereocenters. The SMILES string of the molecule is COCC(C)(C)NC(=O)c1cc(C#CCO)ccc1C. The fourth-order valence-corrected chi connectivity index (χ4v) is 1.86. The van der Waals surface area contributed by atoms with Gasteiger partial charge < -0.3 is 15.2 Å². The zero-order valence-corrected chi connectivity index (χ0v) is 12.4. The van der Waals surface area contributed by atoms with Crippen LogP contribution in [-0.2, 0) is 4.74 Å². The molecule has 0 saturated carbocycles. The average molecular weight is 275 g/mol. The van der Waals surface area contributed by atoms with Gasteiger partial charge >= 0.3 is 0 Å². The normalized spacial score (nSPS) is 10.7. The van der Waals surface area contributed by atoms with E-state index in [-0.39, 0.29) is 12.5 Å². The van der Waals surface area contributed by atoms with Crippen LogP contribution in [0.2, 0.25) is 0 Å². The average Bonchev–Trinajstić information content (AvgIpc) is 2.36. The molecule has 1 aromatic rings. The van der Waals surface area contributed by atoms with E-state index >= 15 is 0 Å². The van der Waals surface area contributed by atoms with Crippen molar-refractivity contribution >= 4 is 5.91 Å². The lowest BCUT2D eigenvalue weighted by Gasteiger charge is -2.25. The minimum atomic E-state index is -0.439. The molecule has 0 aliphatic carbocycles. The van der Waals surface area contributed by atoms with Crippen LogP contribution in [0.1, 0.15) is 35.3 Å². The van der Waals surface area contributed by atoms with Gasteiger partial charge in [-0.15, -0.1) is 0 Å². The maximum absolute atomic E-state index is 12.3. The Morgan fingerprint density at radius 2 is 2.15 bits per heavy atom. The number of aliphatic hydroxyl groups is 1. The largest absolute Gasteiger partial charge is 0.384 e. The van der Waals surface area contributed by atoms with Crippen molar-refractivity contribution in [3.05, 3.63) is 34.9 Å². The third kappa shape index (κ3) is 4.69. The molecule has 0 aliphatic heterocycles. The highest BCUT2D eigenvalue weighted by molar-refractivity contribution is 5.96. The van der Waals surface area contributed by atoms with Gasteiger partial charge in [-0.1, -0.05) is 17.9 Å². The third-order valence-corrected chi connectivity index (χ3v) is 2.75. The predicted molar refractivity (Wildman–Crippen MR) is 78.6 cm³/mol. The van der Waals surface area contributed by atoms with Crippen molar-refractivity contribution in [2.45, 2.75) is 26.3 Å². The van der Waals surface area contributed by atoms with Crippen LogP contribution in [0, 0.1) is 18.8 Å². The number of nitrogens with one attached hydrogen (secondary N) is 1. The number of methoxy groups -OCH3 is 1. The lowest BCUT2D eigenvalue weighted by atomic mass is 10.0. The molecule has 108 valence electrons. The molecule has 0 heterocycles. The first-order chi connectivity index (χ1) is 9.39. The van der Waals surface area contributed by atoms with Gasteiger partial charge in [-0.25, -0.2) is 0 Å². The number of ether oxygens (including phenoxy) is 1. The topological polar surface area (TPSA) is 58.6 Å². The van der Waals surface area contributed by atoms with Crippen molar-refractivity contribution in [2.75, 3.05) is 20.3 Å². The molecule has 0 bridgehead atoms. The molecular formula is C16H21NO3. The van der Waals surface area contributed by atoms with E-state index in [2.05, 4.69) is 17.2 Å². The molecule has 0 spiro atoms. The highest BCUT2D eigenvalue weighted by Gasteiger charge is 2.21. The molecule has 4 heteroatoms. The Morgan fingerprint density at radius 1 is 1.45 bits per heavy atom. The molecule has 0 fully saturated rings. The van der Waals surface area contributed by atoms with Gasteiger partial charge in [-0.3, -0.25) is 4.79 Å². The fourth-order valence-electron chi connectivity index (χ4n) is 1.86. The monoisotopic (exact) mass is 275 g/mol. The van der Waals surface area contributed by atoms with Crippen LogP contribution in [-0.4, -0.2) is 36.9 Å². The number of hydrogen-bond donors (Lipinski definition) is 2. The fraction of sp³-hybridized carbons (Fsp3) is 0.438. The molecule has 1 aromatic carbocycles. The highest BCUT2D eigenvalue weighted by atomic mass is 16.5. The summed E-state index contributed by atoms with van der Waals surface area (Å²) in [4.78, 5) is 12.3. The van der Waals surface area contributed by atoms with Crippen LogP contribution in [0.3, 0.4) is 0 Å². The van der Waals surface area contributed by atoms with E-state index in [4.69, 9.17) is 9.84 Å². The van der Waals surface area contributed by atoms with Gasteiger partial charge in [0.15, 0.2) is 0 Å². The van der Waals surface area contributed by atoms with Gasteiger partial charge in [-0.2, -0.15) is 0 Å². The van der Waals surface area contributed by atoms with Crippen LogP contribution in [0.5, 0.6) is 0 Å². The molecule has 0 unspecified atom stereocenters. The van der Waals surface area contributed by atoms with E-state index in [9.17, 15) is 4.79 Å². The predicted octanol–water partition coefficient (Wildman–Crippen LogP) is 1.49. The molecule has 2 N–H and O–H groups in total. The summed E-state index contributed by atoms with van der Waals surface area (Å²) in [5.41, 5.74) is 1.73. The minimum Gasteiger partial charge on any atom is -0.384 e. The Labute approximate surface area is 120 Å². The van der Waals surface area contributed by atoms with Crippen LogP contribution >= 0.6 is 0 Å². The summed E-state index contributed by atoms with van der Waals surface area (Å²) in [5.74, 6) is 5.22. The smallest absolute Gasteiger partial charge is 0.252 e. The quantitative estimate of drug-likeness (QED) is 0.819. The number of aryl methyl sites for hydroxylation is 1. The second-order valence-electron chi connectivity index (χ2n) is 5.26. The summed E-state index contributed by atoms with van der Waals surface area (Å²) >= 11 is 0. The van der Waals surface area contributed by atoms with E-state index in [0.717, 1.165) is 5.56 Å². The van der Waals surface area contributed by atoms with Gasteiger partial charge in [0.2, 0.25) is 0 Å². The molecule has 20 heavy (non-hydrogen) atoms. The molecule has 1 rings (SSSR count). The van der Waals surface area contributed by atoms with Crippen molar-refractivity contribution < 1.29 is 14.6 Å². The molecule has 0 aromatic heterocycles. The molecule has 0 radical (unpaired) electrons. The van der Waals surface area contributed by atoms with E-state index < -0.39 is 5.54 Å². The zero-order chi connectivity index (χ0) is 15.2. The number of amides is 1. The van der Waals surface area contributed by atoms with Crippen LogP contribution in [0.25, 0.3) is 0 Å². The second-order valence-corrected chi connectivity index (χ2v) is 5.26. The third-order valence-electron chi connectivity index (χ3n) is 2.75. The highest BCUT2D eigenvalue weighted by Crippen LogP contribution is 2.13. The van der Waals surface area contributed by atoms with Gasteiger partial charge in [-0.05, 0) is 38.5 Å². The Kier molecular flexibility index (Phi) is 5.75. The Bertz CT molecular complexity index is 538. The van der Waals surface area contributed by atoms with Crippen molar-refractivity contribution in [3.8, 4) is 11.8 Å². The van der Waals surface area contributed by atoms with Gasteiger partial charge in [0, 0.05) is 18.2 Å². The first kappa shape index (κ1) is 16.2. The number of aliphatic hydroxyl groups excluding tert-OH is 1. The number of rotatable bonds is 4. The number of benzene rings is 1. The summed E-state index contributed by atoms with van der Waals surface area (Å²) in [6.07, 6.45) is 0. The van der Waals surface area contributed by atoms with Crippen LogP contribution < -0.4 is 5.32 Å². The van der Waals surface area contributed by atoms with Crippen molar-refractivity contribution in [2.24, 2.45) is 0 Å². The van der Waals surface area contributed by atoms with E-state index in [0.29, 0.717) is 17.7 Å². The Balaban J connectivity index is 2.97. The lowest BCUT2D eigenvalue weighted by molar-refractivity contribution is 0.0819. The molecule has 0 saturated heterocycles. The van der Waals surface area contributed by atoms with E-state index in [1.54, 1.807) is 13.2 Å². The summed E-state index contributed by atoms with van der Waals surface area (Å²) in [6, 6.07) is 5.41. The lowest BCUT2D eigenvalue weighted by Crippen LogP contribution is -2.46. The van der Waals surface area contributed by atoms with Crippen molar-refractivity contribution in [3.63, 3.8) is 0 Å². The van der Waals surface area contributed by atoms with Crippen LogP contribution in [0.4, 0.5) is 0 Å². The summed E-state index contributed by atoms with van der Waals surface area (Å²) < 4.78 is 5.09. The van der Waals surface area contributed by atoms with Gasteiger partial charge in [0.05, 0.1) is 12.1 Å². The van der Waals surface area contributed by atoms with Crippen molar-refractivity contribution in [1.82, 2.24) is 5.32 Å². The standard InChI is InChI=1S/C16H21NO3/c1-12-7-8-13(6-5-9-18)10-14(12)15(19)17-16(2,3)11-20-4/h7-8,10,18H,9,11H2,1-4H3,(H,17,19). The van der Waals surface area contributed by atoms with E-state index in [1.807, 2.05) is 32.9 Å². The van der Waals surface area contributed by atoms with Crippen LogP contribution in [0.15, 0.2) is 18.2 Å². The minimum absolute atomic E-state index is 0.155. The summed E-state index contributed by atoms with van der Waals surface area (Å²) in [7, 11) is 1.60. The first-order valence-corrected chi connectivity index (χ1v) is 6.41. The maximum atomic E-state index is 12.3. The summed E-state index contributed by atoms with van der Waals surface area (Å²) in [6.45, 7) is 5.91. The molecule has 0 aliphatic rings. The zero-order valence-electron chi connectivity index (χ0n) is 12.4. The summed E-state index contributed by atoms with van der Waals surface area (Å²) in [5, 5.41) is 11.6. The molecular weight excluding hydrogens is 254 g/mol.